The van der Waals surface area contributed by atoms with Crippen molar-refractivity contribution in [3.8, 4) is 5.75 Å². The molecule has 0 aliphatic carbocycles. The molecule has 0 spiro atoms. The fourth-order valence-electron chi connectivity index (χ4n) is 2.84. The lowest BCUT2D eigenvalue weighted by Gasteiger charge is -2.22. The van der Waals surface area contributed by atoms with Crippen molar-refractivity contribution in [2.24, 2.45) is 0 Å². The lowest BCUT2D eigenvalue weighted by Crippen LogP contribution is -2.41. The van der Waals surface area contributed by atoms with Gasteiger partial charge in [0.25, 0.3) is 5.91 Å². The second kappa shape index (κ2) is 7.29. The van der Waals surface area contributed by atoms with Crippen LogP contribution in [0.5, 0.6) is 5.75 Å². The number of carbonyl (C=O) groups excluding carboxylic acids is 2. The van der Waals surface area contributed by atoms with E-state index >= 15 is 0 Å². The molecule has 2 atom stereocenters. The van der Waals surface area contributed by atoms with Crippen molar-refractivity contribution < 1.29 is 23.5 Å². The molecule has 2 heterocycles. The summed E-state index contributed by atoms with van der Waals surface area (Å²) in [6.45, 7) is 0.155. The highest BCUT2D eigenvalue weighted by Gasteiger charge is 2.42. The van der Waals surface area contributed by atoms with E-state index in [1.54, 1.807) is 30.5 Å². The fourth-order valence-corrected chi connectivity index (χ4v) is 2.84. The molecular formula is C18H17FN2O4. The van der Waals surface area contributed by atoms with Crippen LogP contribution in [0.2, 0.25) is 0 Å². The van der Waals surface area contributed by atoms with Crippen LogP contribution in [-0.2, 0) is 9.53 Å². The molecule has 130 valence electrons. The zero-order chi connectivity index (χ0) is 17.8. The molecule has 25 heavy (non-hydrogen) atoms. The number of aromatic nitrogens is 1. The van der Waals surface area contributed by atoms with Crippen molar-refractivity contribution in [1.82, 2.24) is 9.88 Å². The van der Waals surface area contributed by atoms with Gasteiger partial charge in [-0.1, -0.05) is 12.1 Å². The predicted octanol–water partition coefficient (Wildman–Crippen LogP) is 2.06. The Kier molecular flexibility index (Phi) is 4.92. The van der Waals surface area contributed by atoms with Gasteiger partial charge in [0.05, 0.1) is 19.2 Å². The van der Waals surface area contributed by atoms with E-state index in [1.807, 2.05) is 0 Å². The summed E-state index contributed by atoms with van der Waals surface area (Å²) < 4.78 is 24.2. The average molecular weight is 344 g/mol. The molecule has 3 rings (SSSR count). The topological polar surface area (TPSA) is 68.7 Å². The van der Waals surface area contributed by atoms with Gasteiger partial charge in [0.2, 0.25) is 0 Å². The number of amides is 1. The first-order valence-electron chi connectivity index (χ1n) is 7.80. The van der Waals surface area contributed by atoms with Gasteiger partial charge >= 0.3 is 5.97 Å². The van der Waals surface area contributed by atoms with Crippen LogP contribution >= 0.6 is 0 Å². The van der Waals surface area contributed by atoms with Gasteiger partial charge < -0.3 is 14.4 Å². The Morgan fingerprint density at radius 3 is 2.72 bits per heavy atom. The molecule has 7 heteroatoms. The molecule has 1 aromatic carbocycles. The number of likely N-dealkylation sites (tertiary alicyclic amines) is 1. The largest absolute Gasteiger partial charge is 0.485 e. The Hall–Kier alpha value is -2.96. The first-order valence-corrected chi connectivity index (χ1v) is 7.80. The van der Waals surface area contributed by atoms with Crippen LogP contribution in [0.3, 0.4) is 0 Å². The van der Waals surface area contributed by atoms with Gasteiger partial charge in [-0.15, -0.1) is 0 Å². The number of hydrogen-bond donors (Lipinski definition) is 0. The maximum atomic E-state index is 13.8. The Morgan fingerprint density at radius 2 is 2.04 bits per heavy atom. The molecule has 0 N–H and O–H groups in total. The van der Waals surface area contributed by atoms with Gasteiger partial charge in [-0.3, -0.25) is 9.78 Å². The molecule has 0 radical (unpaired) electrons. The minimum absolute atomic E-state index is 0.0896. The van der Waals surface area contributed by atoms with E-state index in [2.05, 4.69) is 4.98 Å². The average Bonchev–Trinajstić information content (AvgIpc) is 3.07. The van der Waals surface area contributed by atoms with Crippen LogP contribution in [0.25, 0.3) is 0 Å². The molecule has 1 saturated heterocycles. The van der Waals surface area contributed by atoms with Crippen molar-refractivity contribution in [1.29, 1.82) is 0 Å². The number of nitrogens with zero attached hydrogens (tertiary/aromatic N) is 2. The quantitative estimate of drug-likeness (QED) is 0.794. The molecule has 1 aromatic heterocycles. The number of para-hydroxylation sites is 1. The summed E-state index contributed by atoms with van der Waals surface area (Å²) >= 11 is 0. The number of pyridine rings is 1. The third kappa shape index (κ3) is 3.60. The number of carbonyl (C=O) groups is 2. The molecule has 1 fully saturated rings. The standard InChI is InChI=1S/C18H17FN2O4/c1-24-18(23)15-9-13(25-16-7-3-2-6-14(16)19)11-21(15)17(22)12-5-4-8-20-10-12/h2-8,10,13,15H,9,11H2,1H3/t13-,15+/m0/s1. The van der Waals surface area contributed by atoms with E-state index in [4.69, 9.17) is 9.47 Å². The summed E-state index contributed by atoms with van der Waals surface area (Å²) in [6.07, 6.45) is 2.71. The summed E-state index contributed by atoms with van der Waals surface area (Å²) in [7, 11) is 1.26. The third-order valence-corrected chi connectivity index (χ3v) is 4.04. The fraction of sp³-hybridized carbons (Fsp3) is 0.278. The van der Waals surface area contributed by atoms with Crippen molar-refractivity contribution in [3.63, 3.8) is 0 Å². The van der Waals surface area contributed by atoms with Gasteiger partial charge in [-0.25, -0.2) is 9.18 Å². The lowest BCUT2D eigenvalue weighted by atomic mass is 10.2. The van der Waals surface area contributed by atoms with Crippen molar-refractivity contribution >= 4 is 11.9 Å². The smallest absolute Gasteiger partial charge is 0.328 e. The minimum Gasteiger partial charge on any atom is -0.485 e. The van der Waals surface area contributed by atoms with Crippen LogP contribution in [-0.4, -0.2) is 47.6 Å². The van der Waals surface area contributed by atoms with Gasteiger partial charge in [0, 0.05) is 18.8 Å². The maximum absolute atomic E-state index is 13.8. The first kappa shape index (κ1) is 16.9. The highest BCUT2D eigenvalue weighted by Crippen LogP contribution is 2.26. The van der Waals surface area contributed by atoms with Crippen molar-refractivity contribution in [3.05, 3.63) is 60.2 Å². The second-order valence-electron chi connectivity index (χ2n) is 5.64. The molecule has 1 aliphatic heterocycles. The summed E-state index contributed by atoms with van der Waals surface area (Å²) in [5.41, 5.74) is 0.364. The summed E-state index contributed by atoms with van der Waals surface area (Å²) in [6, 6.07) is 8.50. The highest BCUT2D eigenvalue weighted by molar-refractivity contribution is 5.97. The number of halogens is 1. The second-order valence-corrected chi connectivity index (χ2v) is 5.64. The summed E-state index contributed by atoms with van der Waals surface area (Å²) in [5.74, 6) is -1.28. The molecule has 1 aliphatic rings. The van der Waals surface area contributed by atoms with Gasteiger partial charge in [-0.05, 0) is 24.3 Å². The van der Waals surface area contributed by atoms with Crippen LogP contribution in [0.15, 0.2) is 48.8 Å². The van der Waals surface area contributed by atoms with Crippen LogP contribution < -0.4 is 4.74 Å². The van der Waals surface area contributed by atoms with Crippen molar-refractivity contribution in [2.75, 3.05) is 13.7 Å². The van der Waals surface area contributed by atoms with Gasteiger partial charge in [0.15, 0.2) is 11.6 Å². The first-order chi connectivity index (χ1) is 12.1. The normalized spacial score (nSPS) is 19.5. The number of methoxy groups -OCH3 is 1. The maximum Gasteiger partial charge on any atom is 0.328 e. The number of rotatable bonds is 4. The van der Waals surface area contributed by atoms with Gasteiger partial charge in [-0.2, -0.15) is 0 Å². The number of hydrogen-bond acceptors (Lipinski definition) is 5. The molecule has 0 saturated carbocycles. The predicted molar refractivity (Wildman–Crippen MR) is 86.5 cm³/mol. The molecule has 6 nitrogen and oxygen atoms in total. The third-order valence-electron chi connectivity index (χ3n) is 4.04. The molecular weight excluding hydrogens is 327 g/mol. The Morgan fingerprint density at radius 1 is 1.24 bits per heavy atom. The zero-order valence-electron chi connectivity index (χ0n) is 13.6. The summed E-state index contributed by atoms with van der Waals surface area (Å²) in [5, 5.41) is 0. The van der Waals surface area contributed by atoms with E-state index in [0.717, 1.165) is 0 Å². The molecule has 0 bridgehead atoms. The minimum atomic E-state index is -0.783. The number of esters is 1. The molecule has 2 aromatic rings. The summed E-state index contributed by atoms with van der Waals surface area (Å²) in [4.78, 5) is 30.1. The van der Waals surface area contributed by atoms with Crippen LogP contribution in [0.1, 0.15) is 16.8 Å². The monoisotopic (exact) mass is 344 g/mol. The molecule has 0 unspecified atom stereocenters. The van der Waals surface area contributed by atoms with E-state index in [-0.39, 0.29) is 24.6 Å². The van der Waals surface area contributed by atoms with E-state index in [9.17, 15) is 14.0 Å². The van der Waals surface area contributed by atoms with Crippen LogP contribution in [0.4, 0.5) is 4.39 Å². The van der Waals surface area contributed by atoms with E-state index in [0.29, 0.717) is 5.56 Å². The Bertz CT molecular complexity index is 769. The van der Waals surface area contributed by atoms with Crippen molar-refractivity contribution in [2.45, 2.75) is 18.6 Å². The van der Waals surface area contributed by atoms with Crippen LogP contribution in [0, 0.1) is 5.82 Å². The SMILES string of the molecule is COC(=O)[C@H]1C[C@H](Oc2ccccc2F)CN1C(=O)c1cccnc1. The zero-order valence-corrected chi connectivity index (χ0v) is 13.6. The lowest BCUT2D eigenvalue weighted by molar-refractivity contribution is -0.145. The number of benzene rings is 1. The van der Waals surface area contributed by atoms with E-state index in [1.165, 1.54) is 30.3 Å². The van der Waals surface area contributed by atoms with Gasteiger partial charge in [0.1, 0.15) is 12.1 Å². The van der Waals surface area contributed by atoms with E-state index < -0.39 is 23.9 Å². The Labute approximate surface area is 144 Å². The Balaban J connectivity index is 1.80. The molecule has 1 amide bonds. The number of ether oxygens (including phenoxy) is 2. The highest BCUT2D eigenvalue weighted by atomic mass is 19.1.